The average Bonchev–Trinajstić information content (AvgIpc) is 3.00. The van der Waals surface area contributed by atoms with E-state index in [1.807, 2.05) is 26.0 Å². The fourth-order valence-electron chi connectivity index (χ4n) is 2.63. The van der Waals surface area contributed by atoms with Gasteiger partial charge >= 0.3 is 0 Å². The van der Waals surface area contributed by atoms with Crippen LogP contribution in [0.4, 0.5) is 4.39 Å². The first kappa shape index (κ1) is 14.1. The van der Waals surface area contributed by atoms with Gasteiger partial charge in [0, 0.05) is 0 Å². The number of aryl methyl sites for hydroxylation is 2. The van der Waals surface area contributed by atoms with Gasteiger partial charge in [0.15, 0.2) is 4.96 Å². The lowest BCUT2D eigenvalue weighted by molar-refractivity contribution is 0.628. The van der Waals surface area contributed by atoms with Gasteiger partial charge in [0.2, 0.25) is 0 Å². The van der Waals surface area contributed by atoms with Crippen molar-refractivity contribution >= 4 is 33.4 Å². The van der Waals surface area contributed by atoms with Crippen molar-refractivity contribution in [2.24, 2.45) is 0 Å². The van der Waals surface area contributed by atoms with E-state index in [1.165, 1.54) is 23.5 Å². The van der Waals surface area contributed by atoms with Crippen molar-refractivity contribution in [1.82, 2.24) is 9.38 Å². The van der Waals surface area contributed by atoms with E-state index in [0.717, 1.165) is 27.7 Å². The summed E-state index contributed by atoms with van der Waals surface area (Å²) >= 11 is 1.35. The third-order valence-electron chi connectivity index (χ3n) is 4.02. The molecule has 23 heavy (non-hydrogen) atoms. The highest BCUT2D eigenvalue weighted by atomic mass is 32.1. The van der Waals surface area contributed by atoms with Gasteiger partial charge < -0.3 is 0 Å². The largest absolute Gasteiger partial charge is 0.274 e. The van der Waals surface area contributed by atoms with Gasteiger partial charge in [-0.15, -0.1) is 0 Å². The van der Waals surface area contributed by atoms with E-state index in [1.54, 1.807) is 22.6 Å². The molecule has 3 nitrogen and oxygen atoms in total. The number of rotatable bonds is 1. The zero-order chi connectivity index (χ0) is 16.1. The summed E-state index contributed by atoms with van der Waals surface area (Å²) in [5.41, 5.74) is 4.68. The van der Waals surface area contributed by atoms with Crippen LogP contribution in [0.1, 0.15) is 16.7 Å². The summed E-state index contributed by atoms with van der Waals surface area (Å²) in [4.78, 5) is 17.9. The first-order valence-electron chi connectivity index (χ1n) is 7.22. The van der Waals surface area contributed by atoms with Crippen molar-refractivity contribution in [3.63, 3.8) is 0 Å². The van der Waals surface area contributed by atoms with E-state index >= 15 is 0 Å². The van der Waals surface area contributed by atoms with E-state index < -0.39 is 0 Å². The summed E-state index contributed by atoms with van der Waals surface area (Å²) < 4.78 is 15.2. The van der Waals surface area contributed by atoms with Crippen LogP contribution in [0.2, 0.25) is 0 Å². The Hall–Kier alpha value is -2.53. The fraction of sp³-hybridized carbons (Fsp3) is 0.111. The molecular weight excluding hydrogens is 311 g/mol. The first-order chi connectivity index (χ1) is 11.0. The molecule has 0 unspecified atom stereocenters. The maximum atomic E-state index is 13.0. The Morgan fingerprint density at radius 1 is 1.13 bits per heavy atom. The molecule has 2 heterocycles. The number of hydrogen-bond donors (Lipinski definition) is 0. The van der Waals surface area contributed by atoms with Gasteiger partial charge in [0.25, 0.3) is 5.56 Å². The smallest absolute Gasteiger partial charge is 0.267 e. The molecular formula is C18H13FN2OS. The van der Waals surface area contributed by atoms with Gasteiger partial charge in [0.1, 0.15) is 5.82 Å². The zero-order valence-electron chi connectivity index (χ0n) is 12.6. The molecule has 0 aliphatic heterocycles. The van der Waals surface area contributed by atoms with Crippen LogP contribution in [0, 0.1) is 19.7 Å². The summed E-state index contributed by atoms with van der Waals surface area (Å²) in [6, 6.07) is 10.1. The Bertz CT molecular complexity index is 1160. The molecule has 4 rings (SSSR count). The molecule has 0 aliphatic rings. The summed E-state index contributed by atoms with van der Waals surface area (Å²) in [5.74, 6) is -0.290. The molecule has 0 fully saturated rings. The molecule has 2 aromatic heterocycles. The Morgan fingerprint density at radius 2 is 1.83 bits per heavy atom. The minimum absolute atomic E-state index is 0.0833. The molecule has 0 radical (unpaired) electrons. The van der Waals surface area contributed by atoms with Crippen LogP contribution in [0.15, 0.2) is 41.2 Å². The molecule has 0 spiro atoms. The molecule has 0 amide bonds. The SMILES string of the molecule is Cc1cc2nc3s/c(=C\c4ccc(F)cc4)c(=O)n3c2cc1C. The number of thiazole rings is 1. The first-order valence-corrected chi connectivity index (χ1v) is 8.04. The summed E-state index contributed by atoms with van der Waals surface area (Å²) in [6.45, 7) is 4.06. The zero-order valence-corrected chi connectivity index (χ0v) is 13.4. The minimum Gasteiger partial charge on any atom is -0.267 e. The lowest BCUT2D eigenvalue weighted by atomic mass is 10.1. The lowest BCUT2D eigenvalue weighted by Crippen LogP contribution is -2.22. The maximum Gasteiger partial charge on any atom is 0.274 e. The highest BCUT2D eigenvalue weighted by molar-refractivity contribution is 7.15. The average molecular weight is 324 g/mol. The normalized spacial score (nSPS) is 12.6. The molecule has 0 saturated carbocycles. The molecule has 2 aromatic carbocycles. The second-order valence-corrected chi connectivity index (χ2v) is 6.63. The highest BCUT2D eigenvalue weighted by Crippen LogP contribution is 2.20. The topological polar surface area (TPSA) is 34.4 Å². The highest BCUT2D eigenvalue weighted by Gasteiger charge is 2.12. The number of imidazole rings is 1. The Morgan fingerprint density at radius 3 is 2.57 bits per heavy atom. The van der Waals surface area contributed by atoms with Crippen LogP contribution in [-0.2, 0) is 0 Å². The van der Waals surface area contributed by atoms with Crippen molar-refractivity contribution in [1.29, 1.82) is 0 Å². The van der Waals surface area contributed by atoms with Gasteiger partial charge in [-0.25, -0.2) is 13.8 Å². The molecule has 4 aromatic rings. The van der Waals surface area contributed by atoms with E-state index in [4.69, 9.17) is 0 Å². The standard InChI is InChI=1S/C18H13FN2OS/c1-10-7-14-15(8-11(10)2)21-17(22)16(23-18(21)20-14)9-12-3-5-13(19)6-4-12/h3-9H,1-2H3/b16-9-. The van der Waals surface area contributed by atoms with Gasteiger partial charge in [0.05, 0.1) is 15.6 Å². The molecule has 114 valence electrons. The molecule has 0 bridgehead atoms. The van der Waals surface area contributed by atoms with E-state index in [-0.39, 0.29) is 11.4 Å². The van der Waals surface area contributed by atoms with E-state index in [9.17, 15) is 9.18 Å². The molecule has 0 N–H and O–H groups in total. The Kier molecular flexibility index (Phi) is 3.06. The molecule has 0 aliphatic carbocycles. The maximum absolute atomic E-state index is 13.0. The van der Waals surface area contributed by atoms with E-state index in [2.05, 4.69) is 4.98 Å². The van der Waals surface area contributed by atoms with Crippen molar-refractivity contribution in [2.75, 3.05) is 0 Å². The molecule has 0 atom stereocenters. The minimum atomic E-state index is -0.290. The van der Waals surface area contributed by atoms with E-state index in [0.29, 0.717) is 9.49 Å². The number of fused-ring (bicyclic) bond motifs is 3. The predicted octanol–water partition coefficient (Wildman–Crippen LogP) is 3.21. The van der Waals surface area contributed by atoms with Crippen LogP contribution >= 0.6 is 11.3 Å². The number of benzene rings is 2. The second kappa shape index (κ2) is 4.99. The summed E-state index contributed by atoms with van der Waals surface area (Å²) in [5, 5.41) is 0. The van der Waals surface area contributed by atoms with Crippen LogP contribution in [0.25, 0.3) is 22.1 Å². The second-order valence-electron chi connectivity index (χ2n) is 5.62. The van der Waals surface area contributed by atoms with Crippen LogP contribution in [0.5, 0.6) is 0 Å². The fourth-order valence-corrected chi connectivity index (χ4v) is 3.62. The quantitative estimate of drug-likeness (QED) is 0.539. The third-order valence-corrected chi connectivity index (χ3v) is 4.99. The molecule has 0 saturated heterocycles. The summed E-state index contributed by atoms with van der Waals surface area (Å²) in [7, 11) is 0. The monoisotopic (exact) mass is 324 g/mol. The van der Waals surface area contributed by atoms with Crippen molar-refractivity contribution in [3.05, 3.63) is 73.8 Å². The van der Waals surface area contributed by atoms with Gasteiger partial charge in [-0.1, -0.05) is 23.5 Å². The Balaban J connectivity index is 2.00. The van der Waals surface area contributed by atoms with Crippen LogP contribution in [0.3, 0.4) is 0 Å². The number of hydrogen-bond acceptors (Lipinski definition) is 3. The number of nitrogens with zero attached hydrogens (tertiary/aromatic N) is 2. The lowest BCUT2D eigenvalue weighted by Gasteiger charge is -1.98. The number of aromatic nitrogens is 2. The van der Waals surface area contributed by atoms with Crippen molar-refractivity contribution in [2.45, 2.75) is 13.8 Å². The predicted molar refractivity (Wildman–Crippen MR) is 91.5 cm³/mol. The summed E-state index contributed by atoms with van der Waals surface area (Å²) in [6.07, 6.45) is 1.77. The van der Waals surface area contributed by atoms with Crippen molar-refractivity contribution < 1.29 is 4.39 Å². The third kappa shape index (κ3) is 2.24. The number of halogens is 1. The Labute approximate surface area is 135 Å². The van der Waals surface area contributed by atoms with Crippen LogP contribution < -0.4 is 10.1 Å². The van der Waals surface area contributed by atoms with Gasteiger partial charge in [-0.05, 0) is 60.9 Å². The van der Waals surface area contributed by atoms with Crippen LogP contribution in [-0.4, -0.2) is 9.38 Å². The van der Waals surface area contributed by atoms with Gasteiger partial charge in [-0.2, -0.15) is 0 Å². The van der Waals surface area contributed by atoms with Gasteiger partial charge in [-0.3, -0.25) is 4.79 Å². The van der Waals surface area contributed by atoms with Crippen molar-refractivity contribution in [3.8, 4) is 0 Å². The molecule has 5 heteroatoms.